The lowest BCUT2D eigenvalue weighted by Gasteiger charge is -2.35. The molecule has 0 spiro atoms. The van der Waals surface area contributed by atoms with Gasteiger partial charge in [0.25, 0.3) is 0 Å². The highest BCUT2D eigenvalue weighted by atomic mass is 16.1. The predicted octanol–water partition coefficient (Wildman–Crippen LogP) is 2.51. The maximum atomic E-state index is 10.3. The zero-order chi connectivity index (χ0) is 10.3. The fourth-order valence-electron chi connectivity index (χ4n) is 1.99. The summed E-state index contributed by atoms with van der Waals surface area (Å²) in [5, 5.41) is 0. The molecule has 0 aromatic rings. The average Bonchev–Trinajstić information content (AvgIpc) is 2.18. The molecule has 0 bridgehead atoms. The second kappa shape index (κ2) is 6.14. The summed E-state index contributed by atoms with van der Waals surface area (Å²) < 4.78 is 0. The maximum absolute atomic E-state index is 10.3. The molecule has 1 atom stereocenters. The van der Waals surface area contributed by atoms with Crippen LogP contribution in [0.3, 0.4) is 0 Å². The molecule has 2 nitrogen and oxygen atoms in total. The van der Waals surface area contributed by atoms with E-state index in [1.165, 1.54) is 0 Å². The Morgan fingerprint density at radius 2 is 1.85 bits per heavy atom. The minimum absolute atomic E-state index is 0.0578. The van der Waals surface area contributed by atoms with E-state index in [9.17, 15) is 4.79 Å². The largest absolute Gasteiger partial charge is 0.325 e. The van der Waals surface area contributed by atoms with Crippen LogP contribution in [0.2, 0.25) is 0 Å². The fourth-order valence-corrected chi connectivity index (χ4v) is 1.99. The Balaban J connectivity index is 4.24. The van der Waals surface area contributed by atoms with Crippen molar-refractivity contribution in [2.75, 3.05) is 0 Å². The summed E-state index contributed by atoms with van der Waals surface area (Å²) in [7, 11) is 0. The van der Waals surface area contributed by atoms with Gasteiger partial charge < -0.3 is 10.5 Å². The zero-order valence-electron chi connectivity index (χ0n) is 9.18. The first-order valence-corrected chi connectivity index (χ1v) is 5.37. The van der Waals surface area contributed by atoms with Gasteiger partial charge in [0.05, 0.1) is 0 Å². The van der Waals surface area contributed by atoms with Gasteiger partial charge in [-0.05, 0) is 25.2 Å². The molecule has 0 aliphatic heterocycles. The van der Waals surface area contributed by atoms with E-state index < -0.39 is 0 Å². The minimum Gasteiger partial charge on any atom is -0.325 e. The van der Waals surface area contributed by atoms with Crippen molar-refractivity contribution in [3.63, 3.8) is 0 Å². The number of aldehydes is 1. The van der Waals surface area contributed by atoms with Crippen LogP contribution in [0.15, 0.2) is 0 Å². The van der Waals surface area contributed by atoms with Crippen LogP contribution in [-0.4, -0.2) is 11.8 Å². The summed E-state index contributed by atoms with van der Waals surface area (Å²) in [5.41, 5.74) is 6.22. The number of nitrogens with two attached hydrogens (primary N) is 1. The molecule has 0 saturated heterocycles. The highest BCUT2D eigenvalue weighted by Gasteiger charge is 2.29. The Bertz CT molecular complexity index is 141. The lowest BCUT2D eigenvalue weighted by molar-refractivity contribution is -0.108. The molecule has 0 heterocycles. The monoisotopic (exact) mass is 185 g/mol. The Labute approximate surface area is 81.9 Å². The molecule has 2 heteroatoms. The first kappa shape index (κ1) is 12.6. The van der Waals surface area contributed by atoms with Crippen LogP contribution in [-0.2, 0) is 4.79 Å². The van der Waals surface area contributed by atoms with E-state index in [4.69, 9.17) is 5.73 Å². The molecule has 0 radical (unpaired) electrons. The topological polar surface area (TPSA) is 43.1 Å². The molecule has 0 aliphatic rings. The van der Waals surface area contributed by atoms with Gasteiger partial charge in [0.2, 0.25) is 0 Å². The molecule has 2 N–H and O–H groups in total. The van der Waals surface area contributed by atoms with Crippen molar-refractivity contribution in [1.29, 1.82) is 0 Å². The molecule has 0 aromatic carbocycles. The van der Waals surface area contributed by atoms with Crippen LogP contribution < -0.4 is 5.73 Å². The van der Waals surface area contributed by atoms with E-state index in [-0.39, 0.29) is 5.54 Å². The third-order valence-electron chi connectivity index (χ3n) is 3.26. The minimum atomic E-state index is -0.0578. The molecule has 0 aromatic heterocycles. The maximum Gasteiger partial charge on any atom is 0.120 e. The highest BCUT2D eigenvalue weighted by molar-refractivity contribution is 5.49. The second-order valence-electron chi connectivity index (χ2n) is 3.79. The summed E-state index contributed by atoms with van der Waals surface area (Å²) in [5.74, 6) is 0.493. The first-order chi connectivity index (χ1) is 6.14. The van der Waals surface area contributed by atoms with Crippen molar-refractivity contribution in [2.24, 2.45) is 11.7 Å². The van der Waals surface area contributed by atoms with Crippen LogP contribution in [0.1, 0.15) is 52.9 Å². The summed E-state index contributed by atoms with van der Waals surface area (Å²) in [6, 6.07) is 0. The number of hydrogen-bond donors (Lipinski definition) is 1. The van der Waals surface area contributed by atoms with E-state index in [1.807, 2.05) is 0 Å². The molecule has 1 unspecified atom stereocenters. The van der Waals surface area contributed by atoms with Crippen molar-refractivity contribution < 1.29 is 4.79 Å². The van der Waals surface area contributed by atoms with Gasteiger partial charge in [-0.3, -0.25) is 0 Å². The summed E-state index contributed by atoms with van der Waals surface area (Å²) in [4.78, 5) is 10.3. The van der Waals surface area contributed by atoms with Crippen LogP contribution >= 0.6 is 0 Å². The van der Waals surface area contributed by atoms with Gasteiger partial charge in [-0.1, -0.05) is 27.2 Å². The smallest absolute Gasteiger partial charge is 0.120 e. The molecular weight excluding hydrogens is 162 g/mol. The molecule has 78 valence electrons. The van der Waals surface area contributed by atoms with Crippen molar-refractivity contribution in [1.82, 2.24) is 0 Å². The Morgan fingerprint density at radius 3 is 2.15 bits per heavy atom. The molecule has 0 aliphatic carbocycles. The number of rotatable bonds is 7. The Morgan fingerprint density at radius 1 is 1.31 bits per heavy atom. The van der Waals surface area contributed by atoms with Crippen LogP contribution in [0.25, 0.3) is 0 Å². The van der Waals surface area contributed by atoms with Gasteiger partial charge >= 0.3 is 0 Å². The van der Waals surface area contributed by atoms with Gasteiger partial charge in [-0.25, -0.2) is 0 Å². The molecule has 13 heavy (non-hydrogen) atoms. The Kier molecular flexibility index (Phi) is 5.97. The van der Waals surface area contributed by atoms with Gasteiger partial charge in [0.15, 0.2) is 0 Å². The molecule has 0 saturated carbocycles. The van der Waals surface area contributed by atoms with Gasteiger partial charge in [-0.2, -0.15) is 0 Å². The first-order valence-electron chi connectivity index (χ1n) is 5.37. The molecular formula is C11H23NO. The van der Waals surface area contributed by atoms with Crippen molar-refractivity contribution >= 4 is 6.29 Å². The summed E-state index contributed by atoms with van der Waals surface area (Å²) >= 11 is 0. The van der Waals surface area contributed by atoms with Gasteiger partial charge in [-0.15, -0.1) is 0 Å². The normalized spacial score (nSPS) is 14.2. The molecule has 0 rings (SSSR count). The predicted molar refractivity (Wildman–Crippen MR) is 56.6 cm³/mol. The van der Waals surface area contributed by atoms with Crippen LogP contribution in [0.4, 0.5) is 0 Å². The average molecular weight is 185 g/mol. The molecule has 0 amide bonds. The van der Waals surface area contributed by atoms with E-state index >= 15 is 0 Å². The third-order valence-corrected chi connectivity index (χ3v) is 3.26. The summed E-state index contributed by atoms with van der Waals surface area (Å²) in [6.07, 6.45) is 5.66. The van der Waals surface area contributed by atoms with Crippen molar-refractivity contribution in [3.05, 3.63) is 0 Å². The lowest BCUT2D eigenvalue weighted by Crippen LogP contribution is -2.45. The van der Waals surface area contributed by atoms with Gasteiger partial charge in [0.1, 0.15) is 6.29 Å². The third kappa shape index (κ3) is 3.47. The number of carbonyl (C=O) groups is 1. The zero-order valence-corrected chi connectivity index (χ0v) is 9.18. The number of hydrogen-bond acceptors (Lipinski definition) is 2. The van der Waals surface area contributed by atoms with Crippen LogP contribution in [0, 0.1) is 5.92 Å². The number of carbonyl (C=O) groups excluding carboxylic acids is 1. The second-order valence-corrected chi connectivity index (χ2v) is 3.79. The molecule has 0 fully saturated rings. The lowest BCUT2D eigenvalue weighted by atomic mass is 9.76. The van der Waals surface area contributed by atoms with Crippen LogP contribution in [0.5, 0.6) is 0 Å². The highest BCUT2D eigenvalue weighted by Crippen LogP contribution is 2.28. The van der Waals surface area contributed by atoms with E-state index in [1.54, 1.807) is 0 Å². The van der Waals surface area contributed by atoms with Crippen molar-refractivity contribution in [3.8, 4) is 0 Å². The van der Waals surface area contributed by atoms with E-state index in [2.05, 4.69) is 20.8 Å². The van der Waals surface area contributed by atoms with Gasteiger partial charge in [0, 0.05) is 12.0 Å². The van der Waals surface area contributed by atoms with Crippen molar-refractivity contribution in [2.45, 2.75) is 58.4 Å². The standard InChI is InChI=1S/C11H23NO/c1-4-10(8-7-9-13)11(12,5-2)6-3/h9-10H,4-8,12H2,1-3H3. The quantitative estimate of drug-likeness (QED) is 0.619. The SMILES string of the molecule is CCC(CCC=O)C(N)(CC)CC. The summed E-state index contributed by atoms with van der Waals surface area (Å²) in [6.45, 7) is 6.42. The van der Waals surface area contributed by atoms with E-state index in [0.717, 1.165) is 32.0 Å². The Hall–Kier alpha value is -0.370. The fraction of sp³-hybridized carbons (Fsp3) is 0.909. The van der Waals surface area contributed by atoms with E-state index in [0.29, 0.717) is 12.3 Å².